The highest BCUT2D eigenvalue weighted by molar-refractivity contribution is 8.01. The van der Waals surface area contributed by atoms with Gasteiger partial charge in [-0.15, -0.1) is 11.8 Å². The van der Waals surface area contributed by atoms with Crippen LogP contribution < -0.4 is 16.8 Å². The molecule has 1 aliphatic carbocycles. The third-order valence-electron chi connectivity index (χ3n) is 4.50. The number of likely N-dealkylation sites (N-methyl/N-ethyl adjacent to an activating group) is 1. The van der Waals surface area contributed by atoms with Crippen LogP contribution in [0.3, 0.4) is 0 Å². The number of nitrogen functional groups attached to an aromatic ring is 1. The number of aliphatic hydroxyl groups is 1. The fourth-order valence-electron chi connectivity index (χ4n) is 2.74. The van der Waals surface area contributed by atoms with Crippen molar-refractivity contribution in [1.29, 1.82) is 0 Å². The van der Waals surface area contributed by atoms with E-state index in [1.54, 1.807) is 18.8 Å². The number of allylic oxidation sites excluding steroid dienone is 1. The van der Waals surface area contributed by atoms with Crippen molar-refractivity contribution in [1.82, 2.24) is 5.32 Å². The molecule has 1 aliphatic rings. The Morgan fingerprint density at radius 1 is 1.16 bits per heavy atom. The fourth-order valence-corrected chi connectivity index (χ4v) is 4.00. The van der Waals surface area contributed by atoms with E-state index < -0.39 is 0 Å². The van der Waals surface area contributed by atoms with Crippen LogP contribution in [0.25, 0.3) is 0 Å². The predicted octanol–water partition coefficient (Wildman–Crippen LogP) is 4.96. The molecule has 176 valence electrons. The van der Waals surface area contributed by atoms with E-state index in [9.17, 15) is 4.39 Å². The van der Waals surface area contributed by atoms with Crippen LogP contribution in [-0.2, 0) is 0 Å². The van der Waals surface area contributed by atoms with Crippen LogP contribution in [0.2, 0.25) is 0 Å². The second kappa shape index (κ2) is 14.7. The third kappa shape index (κ3) is 9.02. The summed E-state index contributed by atoms with van der Waals surface area (Å²) < 4.78 is 13.1. The van der Waals surface area contributed by atoms with Crippen molar-refractivity contribution >= 4 is 23.3 Å². The SMILES string of the molecule is CC.CC/C=C(\N=C(N)c1ccc(N)cc1)C1(Sc2ccc(F)cc2)CC1.CNCCO. The summed E-state index contributed by atoms with van der Waals surface area (Å²) in [7, 11) is 1.80. The number of nitrogens with zero attached hydrogens (tertiary/aromatic N) is 1. The minimum absolute atomic E-state index is 0.0632. The van der Waals surface area contributed by atoms with Gasteiger partial charge in [-0.2, -0.15) is 0 Å². The van der Waals surface area contributed by atoms with Crippen molar-refractivity contribution in [2.24, 2.45) is 10.7 Å². The molecule has 5 nitrogen and oxygen atoms in total. The number of rotatable bonds is 8. The molecule has 2 aromatic carbocycles. The van der Waals surface area contributed by atoms with E-state index >= 15 is 0 Å². The molecular weight excluding hydrogens is 423 g/mol. The first kappa shape index (κ1) is 27.7. The average Bonchev–Trinajstić information content (AvgIpc) is 3.58. The first-order chi connectivity index (χ1) is 15.4. The van der Waals surface area contributed by atoms with E-state index in [1.807, 2.05) is 50.2 Å². The normalized spacial score (nSPS) is 14.6. The molecule has 0 radical (unpaired) electrons. The zero-order chi connectivity index (χ0) is 24.0. The van der Waals surface area contributed by atoms with Crippen molar-refractivity contribution in [2.45, 2.75) is 49.7 Å². The van der Waals surface area contributed by atoms with Gasteiger partial charge < -0.3 is 21.9 Å². The second-order valence-electron chi connectivity index (χ2n) is 6.99. The number of benzene rings is 2. The number of thioether (sulfide) groups is 1. The standard InChI is InChI=1S/C20H22FN3S.C3H9NO.C2H6/c1-2-3-18(24-19(23)14-4-8-16(22)9-5-14)20(12-13-20)25-17-10-6-15(21)7-11-17;1-4-2-3-5;1-2/h3-11H,2,12-13,22H2,1H3,(H2,23,24);4-5H,2-3H2,1H3;1-2H3/b18-3-;;. The summed E-state index contributed by atoms with van der Waals surface area (Å²) in [5.41, 5.74) is 14.5. The minimum atomic E-state index is -0.218. The monoisotopic (exact) mass is 460 g/mol. The fraction of sp³-hybridized carbons (Fsp3) is 0.400. The number of hydrogen-bond acceptors (Lipinski definition) is 5. The number of halogens is 1. The first-order valence-corrected chi connectivity index (χ1v) is 11.9. The van der Waals surface area contributed by atoms with Crippen molar-refractivity contribution in [3.8, 4) is 0 Å². The molecule has 7 heteroatoms. The van der Waals surface area contributed by atoms with E-state index in [0.717, 1.165) is 35.4 Å². The van der Waals surface area contributed by atoms with Crippen molar-refractivity contribution < 1.29 is 9.50 Å². The topological polar surface area (TPSA) is 96.7 Å². The Hall–Kier alpha value is -2.35. The van der Waals surface area contributed by atoms with Crippen LogP contribution in [0.1, 0.15) is 45.6 Å². The highest BCUT2D eigenvalue weighted by Crippen LogP contribution is 2.57. The van der Waals surface area contributed by atoms with Crippen LogP contribution in [0.5, 0.6) is 0 Å². The predicted molar refractivity (Wildman–Crippen MR) is 137 cm³/mol. The molecule has 3 rings (SSSR count). The van der Waals surface area contributed by atoms with Gasteiger partial charge in [0.15, 0.2) is 0 Å². The van der Waals surface area contributed by atoms with Gasteiger partial charge in [0.1, 0.15) is 11.7 Å². The summed E-state index contributed by atoms with van der Waals surface area (Å²) in [6, 6.07) is 14.0. The van der Waals surface area contributed by atoms with Gasteiger partial charge in [0.05, 0.1) is 17.1 Å². The maximum absolute atomic E-state index is 13.1. The van der Waals surface area contributed by atoms with E-state index in [4.69, 9.17) is 21.6 Å². The van der Waals surface area contributed by atoms with Gasteiger partial charge >= 0.3 is 0 Å². The van der Waals surface area contributed by atoms with Crippen LogP contribution >= 0.6 is 11.8 Å². The number of aliphatic hydroxyl groups excluding tert-OH is 1. The Labute approximate surface area is 196 Å². The lowest BCUT2D eigenvalue weighted by Gasteiger charge is -2.17. The van der Waals surface area contributed by atoms with Crippen molar-refractivity contribution in [2.75, 3.05) is 25.9 Å². The molecule has 0 heterocycles. The molecule has 0 aliphatic heterocycles. The smallest absolute Gasteiger partial charge is 0.130 e. The maximum Gasteiger partial charge on any atom is 0.130 e. The number of nitrogens with two attached hydrogens (primary N) is 2. The molecular formula is C25H37FN4OS. The lowest BCUT2D eigenvalue weighted by atomic mass is 10.2. The Kier molecular flexibility index (Phi) is 12.7. The Bertz CT molecular complexity index is 845. The molecule has 1 fully saturated rings. The Morgan fingerprint density at radius 3 is 2.19 bits per heavy atom. The van der Waals surface area contributed by atoms with Crippen molar-refractivity contribution in [3.05, 3.63) is 71.7 Å². The second-order valence-corrected chi connectivity index (χ2v) is 8.45. The quantitative estimate of drug-likeness (QED) is 0.254. The van der Waals surface area contributed by atoms with E-state index in [2.05, 4.69) is 18.3 Å². The van der Waals surface area contributed by atoms with Gasteiger partial charge in [-0.1, -0.05) is 26.8 Å². The molecule has 1 saturated carbocycles. The molecule has 0 bridgehead atoms. The molecule has 0 spiro atoms. The number of aliphatic imine (C=N–C) groups is 1. The minimum Gasteiger partial charge on any atom is -0.399 e. The van der Waals surface area contributed by atoms with Gasteiger partial charge in [0, 0.05) is 22.7 Å². The van der Waals surface area contributed by atoms with Gasteiger partial charge in [0.2, 0.25) is 0 Å². The van der Waals surface area contributed by atoms with Gasteiger partial charge in [0.25, 0.3) is 0 Å². The van der Waals surface area contributed by atoms with Crippen LogP contribution in [0, 0.1) is 5.82 Å². The van der Waals surface area contributed by atoms with Crippen LogP contribution in [0.15, 0.2) is 70.2 Å². The summed E-state index contributed by atoms with van der Waals surface area (Å²) in [4.78, 5) is 5.78. The number of hydrogen-bond donors (Lipinski definition) is 4. The number of amidine groups is 1. The Morgan fingerprint density at radius 2 is 1.75 bits per heavy atom. The van der Waals surface area contributed by atoms with Crippen LogP contribution in [-0.4, -0.2) is 35.9 Å². The largest absolute Gasteiger partial charge is 0.399 e. The molecule has 0 amide bonds. The van der Waals surface area contributed by atoms with Crippen molar-refractivity contribution in [3.63, 3.8) is 0 Å². The molecule has 6 N–H and O–H groups in total. The van der Waals surface area contributed by atoms with Gasteiger partial charge in [-0.05, 0) is 74.8 Å². The summed E-state index contributed by atoms with van der Waals surface area (Å²) in [5.74, 6) is 0.273. The summed E-state index contributed by atoms with van der Waals surface area (Å²) in [6.07, 6.45) is 5.10. The third-order valence-corrected chi connectivity index (χ3v) is 6.02. The highest BCUT2D eigenvalue weighted by Gasteiger charge is 2.47. The van der Waals surface area contributed by atoms with Gasteiger partial charge in [-0.3, -0.25) is 0 Å². The zero-order valence-corrected chi connectivity index (χ0v) is 20.4. The molecule has 0 aromatic heterocycles. The zero-order valence-electron chi connectivity index (χ0n) is 19.6. The highest BCUT2D eigenvalue weighted by atomic mass is 32.2. The summed E-state index contributed by atoms with van der Waals surface area (Å²) >= 11 is 1.74. The van der Waals surface area contributed by atoms with E-state index in [1.165, 1.54) is 12.1 Å². The van der Waals surface area contributed by atoms with E-state index in [-0.39, 0.29) is 17.2 Å². The van der Waals surface area contributed by atoms with Gasteiger partial charge in [-0.25, -0.2) is 9.38 Å². The summed E-state index contributed by atoms with van der Waals surface area (Å²) in [5, 5.41) is 10.8. The van der Waals surface area contributed by atoms with Crippen LogP contribution in [0.4, 0.5) is 10.1 Å². The molecule has 2 aromatic rings. The molecule has 32 heavy (non-hydrogen) atoms. The van der Waals surface area contributed by atoms with E-state index in [0.29, 0.717) is 18.1 Å². The molecule has 0 saturated heterocycles. The summed E-state index contributed by atoms with van der Waals surface area (Å²) in [6.45, 7) is 7.02. The number of anilines is 1. The maximum atomic E-state index is 13.1. The number of nitrogens with one attached hydrogen (secondary N) is 1. The lowest BCUT2D eigenvalue weighted by molar-refractivity contribution is 0.296. The Balaban J connectivity index is 0.000000646. The first-order valence-electron chi connectivity index (χ1n) is 11.0. The lowest BCUT2D eigenvalue weighted by Crippen LogP contribution is -2.16. The molecule has 0 atom stereocenters. The average molecular weight is 461 g/mol. The molecule has 0 unspecified atom stereocenters.